The lowest BCUT2D eigenvalue weighted by Crippen LogP contribution is -2.23. The van der Waals surface area contributed by atoms with E-state index in [0.29, 0.717) is 18.7 Å². The minimum absolute atomic E-state index is 0.0352. The number of allylic oxidation sites excluding steroid dienone is 1. The van der Waals surface area contributed by atoms with Crippen molar-refractivity contribution in [3.63, 3.8) is 0 Å². The molecule has 2 aromatic rings. The van der Waals surface area contributed by atoms with E-state index in [4.69, 9.17) is 14.2 Å². The van der Waals surface area contributed by atoms with Gasteiger partial charge in [-0.2, -0.15) is 5.10 Å². The van der Waals surface area contributed by atoms with Gasteiger partial charge in [-0.1, -0.05) is 52.0 Å². The van der Waals surface area contributed by atoms with Gasteiger partial charge in [-0.25, -0.2) is 4.79 Å². The molecule has 2 atom stereocenters. The summed E-state index contributed by atoms with van der Waals surface area (Å²) in [7, 11) is 1.72. The number of hydrogen-bond donors (Lipinski definition) is 0. The van der Waals surface area contributed by atoms with Crippen LogP contribution in [0.1, 0.15) is 83.0 Å². The minimum Gasteiger partial charge on any atom is -0.452 e. The third-order valence-electron chi connectivity index (χ3n) is 5.92. The van der Waals surface area contributed by atoms with Gasteiger partial charge in [-0.3, -0.25) is 9.67 Å². The van der Waals surface area contributed by atoms with Crippen molar-refractivity contribution in [1.82, 2.24) is 9.78 Å². The molecular weight excluding hydrogens is 442 g/mol. The fourth-order valence-electron chi connectivity index (χ4n) is 3.58. The van der Waals surface area contributed by atoms with Crippen molar-refractivity contribution >= 4 is 23.7 Å². The average molecular weight is 484 g/mol. The molecule has 0 bridgehead atoms. The van der Waals surface area contributed by atoms with Gasteiger partial charge in [-0.05, 0) is 50.7 Å². The van der Waals surface area contributed by atoms with Crippen LogP contribution in [-0.2, 0) is 26.2 Å². The van der Waals surface area contributed by atoms with Gasteiger partial charge in [0.15, 0.2) is 5.76 Å². The first-order chi connectivity index (χ1) is 16.4. The van der Waals surface area contributed by atoms with Crippen molar-refractivity contribution in [2.75, 3.05) is 7.05 Å². The molecule has 0 spiro atoms. The van der Waals surface area contributed by atoms with Gasteiger partial charge >= 0.3 is 6.16 Å². The van der Waals surface area contributed by atoms with Crippen LogP contribution in [0, 0.1) is 13.8 Å². The van der Waals surface area contributed by atoms with Crippen molar-refractivity contribution in [3.05, 3.63) is 52.3 Å². The summed E-state index contributed by atoms with van der Waals surface area (Å²) in [5.74, 6) is 0.544. The lowest BCUT2D eigenvalue weighted by Gasteiger charge is -2.22. The Morgan fingerprint density at radius 1 is 1.09 bits per heavy atom. The Labute approximate surface area is 210 Å². The smallest absolute Gasteiger partial charge is 0.452 e. The van der Waals surface area contributed by atoms with Crippen molar-refractivity contribution in [3.8, 4) is 0 Å². The van der Waals surface area contributed by atoms with E-state index in [9.17, 15) is 4.79 Å². The van der Waals surface area contributed by atoms with Gasteiger partial charge in [-0.15, -0.1) is 0 Å². The van der Waals surface area contributed by atoms with Crippen LogP contribution in [0.25, 0.3) is 11.3 Å². The monoisotopic (exact) mass is 483 g/mol. The molecule has 0 aliphatic carbocycles. The van der Waals surface area contributed by atoms with Crippen molar-refractivity contribution in [2.24, 2.45) is 4.99 Å². The van der Waals surface area contributed by atoms with E-state index in [-0.39, 0.29) is 11.5 Å². The van der Waals surface area contributed by atoms with Gasteiger partial charge in [0.2, 0.25) is 6.29 Å². The Balaban J connectivity index is 2.63. The predicted molar refractivity (Wildman–Crippen MR) is 142 cm³/mol. The summed E-state index contributed by atoms with van der Waals surface area (Å²) in [5.41, 5.74) is 5.70. The third kappa shape index (κ3) is 7.20. The molecule has 35 heavy (non-hydrogen) atoms. The zero-order chi connectivity index (χ0) is 26.3. The van der Waals surface area contributed by atoms with Crippen LogP contribution in [0.5, 0.6) is 0 Å². The first-order valence-corrected chi connectivity index (χ1v) is 12.3. The quantitative estimate of drug-likeness (QED) is 0.172. The van der Waals surface area contributed by atoms with E-state index >= 15 is 0 Å². The van der Waals surface area contributed by atoms with Crippen LogP contribution < -0.4 is 0 Å². The zero-order valence-electron chi connectivity index (χ0n) is 22.9. The summed E-state index contributed by atoms with van der Waals surface area (Å²) in [6.45, 7) is 18.7. The average Bonchev–Trinajstić information content (AvgIpc) is 3.08. The summed E-state index contributed by atoms with van der Waals surface area (Å²) in [6.07, 6.45) is 0.581. The molecule has 2 rings (SSSR count). The maximum absolute atomic E-state index is 12.2. The molecule has 2 unspecified atom stereocenters. The molecular formula is C28H41N3O4. The second kappa shape index (κ2) is 12.0. The zero-order valence-corrected chi connectivity index (χ0v) is 22.9. The molecule has 0 saturated carbocycles. The number of nitrogens with zero attached hydrogens (tertiary/aromatic N) is 3. The first-order valence-electron chi connectivity index (χ1n) is 12.3. The fraction of sp³-hybridized carbons (Fsp3) is 0.536. The number of aromatic nitrogens is 2. The Morgan fingerprint density at radius 3 is 2.23 bits per heavy atom. The van der Waals surface area contributed by atoms with Crippen LogP contribution >= 0.6 is 0 Å². The molecule has 0 N–H and O–H groups in total. The lowest BCUT2D eigenvalue weighted by molar-refractivity contribution is -0.0753. The Hall–Kier alpha value is -3.09. The molecule has 0 fully saturated rings. The number of aryl methyl sites for hydroxylation is 2. The van der Waals surface area contributed by atoms with Gasteiger partial charge in [0, 0.05) is 37.9 Å². The second-order valence-corrected chi connectivity index (χ2v) is 9.72. The van der Waals surface area contributed by atoms with Crippen molar-refractivity contribution < 1.29 is 19.0 Å². The normalized spacial score (nSPS) is 14.5. The molecule has 7 nitrogen and oxygen atoms in total. The molecule has 0 saturated heterocycles. The Kier molecular flexibility index (Phi) is 9.69. The summed E-state index contributed by atoms with van der Waals surface area (Å²) in [5, 5.41) is 4.68. The number of rotatable bonds is 9. The van der Waals surface area contributed by atoms with Gasteiger partial charge in [0.25, 0.3) is 0 Å². The van der Waals surface area contributed by atoms with E-state index in [2.05, 4.69) is 55.1 Å². The highest BCUT2D eigenvalue weighted by atomic mass is 16.8. The number of aliphatic imine (C=N–C) groups is 1. The van der Waals surface area contributed by atoms with E-state index in [0.717, 1.165) is 28.1 Å². The van der Waals surface area contributed by atoms with Gasteiger partial charge in [0.05, 0.1) is 5.69 Å². The van der Waals surface area contributed by atoms with Crippen molar-refractivity contribution in [1.29, 1.82) is 0 Å². The number of carbonyl (C=O) groups is 1. The standard InChI is InChI=1S/C28H41N3O4/c1-11-18(3)33-27(32)35-21(6)34-26(25-19(4)20(5)30-31(25)12-2)24(17-29-10)22-13-15-23(16-14-22)28(7,8)9/h13-18,21H,11-12H2,1-10H3/b26-24-,29-17-. The largest absolute Gasteiger partial charge is 0.511 e. The van der Waals surface area contributed by atoms with E-state index < -0.39 is 12.4 Å². The number of ether oxygens (including phenoxy) is 3. The number of carbonyl (C=O) groups excluding carboxylic acids is 1. The Bertz CT molecular complexity index is 1060. The molecule has 0 amide bonds. The maximum Gasteiger partial charge on any atom is 0.511 e. The molecule has 1 heterocycles. The highest BCUT2D eigenvalue weighted by Gasteiger charge is 2.25. The summed E-state index contributed by atoms with van der Waals surface area (Å²) in [4.78, 5) is 16.6. The fourth-order valence-corrected chi connectivity index (χ4v) is 3.58. The van der Waals surface area contributed by atoms with Crippen LogP contribution in [0.3, 0.4) is 0 Å². The highest BCUT2D eigenvalue weighted by Crippen LogP contribution is 2.32. The van der Waals surface area contributed by atoms with Crippen LogP contribution in [-0.4, -0.2) is 41.6 Å². The highest BCUT2D eigenvalue weighted by molar-refractivity contribution is 6.18. The van der Waals surface area contributed by atoms with Crippen molar-refractivity contribution in [2.45, 2.75) is 93.1 Å². The maximum atomic E-state index is 12.2. The van der Waals surface area contributed by atoms with Gasteiger partial charge < -0.3 is 14.2 Å². The number of hydrogen-bond acceptors (Lipinski definition) is 6. The van der Waals surface area contributed by atoms with Gasteiger partial charge in [0.1, 0.15) is 11.8 Å². The van der Waals surface area contributed by atoms with E-state index in [1.54, 1.807) is 20.2 Å². The molecule has 0 aliphatic heterocycles. The Morgan fingerprint density at radius 2 is 1.71 bits per heavy atom. The molecule has 0 radical (unpaired) electrons. The molecule has 0 aliphatic rings. The molecule has 192 valence electrons. The summed E-state index contributed by atoms with van der Waals surface area (Å²) >= 11 is 0. The topological polar surface area (TPSA) is 74.9 Å². The van der Waals surface area contributed by atoms with Crippen LogP contribution in [0.15, 0.2) is 29.3 Å². The van der Waals surface area contributed by atoms with Crippen LogP contribution in [0.4, 0.5) is 4.79 Å². The molecule has 1 aromatic heterocycles. The minimum atomic E-state index is -0.893. The SMILES string of the molecule is CCC(C)OC(=O)OC(C)O/C(=C(/C=N\C)c1ccc(C(C)(C)C)cc1)c1c(C)c(C)nn1CC. The lowest BCUT2D eigenvalue weighted by atomic mass is 9.86. The van der Waals surface area contributed by atoms with E-state index in [1.165, 1.54) is 5.56 Å². The summed E-state index contributed by atoms with van der Waals surface area (Å²) in [6, 6.07) is 8.38. The number of benzene rings is 1. The summed E-state index contributed by atoms with van der Waals surface area (Å²) < 4.78 is 18.9. The first kappa shape index (κ1) is 28.1. The van der Waals surface area contributed by atoms with E-state index in [1.807, 2.05) is 39.3 Å². The van der Waals surface area contributed by atoms with Crippen LogP contribution in [0.2, 0.25) is 0 Å². The molecule has 7 heteroatoms. The molecule has 1 aromatic carbocycles. The second-order valence-electron chi connectivity index (χ2n) is 9.72. The third-order valence-corrected chi connectivity index (χ3v) is 5.92. The predicted octanol–water partition coefficient (Wildman–Crippen LogP) is 6.70.